The lowest BCUT2D eigenvalue weighted by atomic mass is 10.3. The van der Waals surface area contributed by atoms with Gasteiger partial charge in [-0.25, -0.2) is 4.98 Å². The van der Waals surface area contributed by atoms with Crippen LogP contribution in [0.1, 0.15) is 21.2 Å². The summed E-state index contributed by atoms with van der Waals surface area (Å²) >= 11 is 1.10. The normalized spacial score (nSPS) is 10.0. The van der Waals surface area contributed by atoms with Crippen LogP contribution in [0, 0.1) is 11.3 Å². The molecule has 1 amide bonds. The Kier molecular flexibility index (Phi) is 4.36. The van der Waals surface area contributed by atoms with Gasteiger partial charge in [0.1, 0.15) is 29.1 Å². The van der Waals surface area contributed by atoms with Gasteiger partial charge in [-0.15, -0.1) is 0 Å². The number of benzene rings is 1. The molecule has 1 N–H and O–H groups in total. The van der Waals surface area contributed by atoms with Crippen LogP contribution >= 0.6 is 11.3 Å². The van der Waals surface area contributed by atoms with E-state index in [-0.39, 0.29) is 12.4 Å². The van der Waals surface area contributed by atoms with E-state index in [2.05, 4.69) is 10.3 Å². The van der Waals surface area contributed by atoms with E-state index in [1.54, 1.807) is 12.1 Å². The summed E-state index contributed by atoms with van der Waals surface area (Å²) < 4.78 is 11.0. The van der Waals surface area contributed by atoms with Gasteiger partial charge in [-0.1, -0.05) is 29.5 Å². The van der Waals surface area contributed by atoms with Crippen LogP contribution < -0.4 is 10.1 Å². The summed E-state index contributed by atoms with van der Waals surface area (Å²) in [5.74, 6) is 0.998. The number of para-hydroxylation sites is 1. The van der Waals surface area contributed by atoms with E-state index < -0.39 is 5.91 Å². The van der Waals surface area contributed by atoms with E-state index in [9.17, 15) is 4.79 Å². The Morgan fingerprint density at radius 1 is 1.30 bits per heavy atom. The zero-order valence-electron chi connectivity index (χ0n) is 11.9. The van der Waals surface area contributed by atoms with Crippen LogP contribution in [0.5, 0.6) is 5.75 Å². The van der Waals surface area contributed by atoms with Gasteiger partial charge in [0, 0.05) is 0 Å². The highest BCUT2D eigenvalue weighted by Crippen LogP contribution is 2.19. The fourth-order valence-corrected chi connectivity index (χ4v) is 2.40. The van der Waals surface area contributed by atoms with Crippen LogP contribution in [0.2, 0.25) is 0 Å². The molecule has 0 aliphatic rings. The van der Waals surface area contributed by atoms with E-state index >= 15 is 0 Å². The fraction of sp³-hybridized carbons (Fsp3) is 0.0625. The zero-order chi connectivity index (χ0) is 16.1. The third kappa shape index (κ3) is 3.75. The molecule has 0 saturated heterocycles. The number of thiazole rings is 1. The average Bonchev–Trinajstić information content (AvgIpc) is 3.23. The maximum Gasteiger partial charge on any atom is 0.293 e. The molecular formula is C16H11N3O3S. The highest BCUT2D eigenvalue weighted by atomic mass is 32.1. The molecule has 0 radical (unpaired) electrons. The fourth-order valence-electron chi connectivity index (χ4n) is 1.79. The maximum atomic E-state index is 12.0. The third-order valence-corrected chi connectivity index (χ3v) is 3.66. The summed E-state index contributed by atoms with van der Waals surface area (Å²) in [4.78, 5) is 16.4. The number of rotatable bonds is 5. The summed E-state index contributed by atoms with van der Waals surface area (Å²) in [5.41, 5.74) is 0. The summed E-state index contributed by atoms with van der Waals surface area (Å²) in [6, 6.07) is 14.5. The molecule has 114 valence electrons. The second kappa shape index (κ2) is 6.77. The smallest absolute Gasteiger partial charge is 0.293 e. The number of nitrogens with zero attached hydrogens (tertiary/aromatic N) is 2. The van der Waals surface area contributed by atoms with E-state index in [4.69, 9.17) is 14.4 Å². The van der Waals surface area contributed by atoms with Crippen molar-refractivity contribution in [2.24, 2.45) is 0 Å². The molecule has 0 atom stereocenters. The molecule has 0 saturated carbocycles. The average molecular weight is 325 g/mol. The second-order valence-electron chi connectivity index (χ2n) is 4.46. The van der Waals surface area contributed by atoms with Crippen molar-refractivity contribution in [1.82, 2.24) is 4.98 Å². The van der Waals surface area contributed by atoms with Gasteiger partial charge in [-0.3, -0.25) is 10.1 Å². The van der Waals surface area contributed by atoms with Crippen LogP contribution in [-0.4, -0.2) is 10.9 Å². The first-order valence-electron chi connectivity index (χ1n) is 6.68. The second-order valence-corrected chi connectivity index (χ2v) is 5.49. The lowest BCUT2D eigenvalue weighted by Crippen LogP contribution is -2.10. The minimum atomic E-state index is -0.421. The van der Waals surface area contributed by atoms with Crippen LogP contribution in [0.15, 0.2) is 53.1 Å². The topological polar surface area (TPSA) is 88.2 Å². The predicted molar refractivity (Wildman–Crippen MR) is 84.3 cm³/mol. The van der Waals surface area contributed by atoms with Gasteiger partial charge in [0.2, 0.25) is 0 Å². The maximum absolute atomic E-state index is 12.0. The number of carbonyl (C=O) groups is 1. The van der Waals surface area contributed by atoms with E-state index in [0.29, 0.717) is 15.8 Å². The molecule has 0 aliphatic heterocycles. The van der Waals surface area contributed by atoms with Crippen molar-refractivity contribution in [3.63, 3.8) is 0 Å². The molecule has 0 bridgehead atoms. The molecule has 2 aromatic heterocycles. The van der Waals surface area contributed by atoms with E-state index in [0.717, 1.165) is 17.1 Å². The van der Waals surface area contributed by atoms with Crippen molar-refractivity contribution < 1.29 is 13.9 Å². The van der Waals surface area contributed by atoms with Gasteiger partial charge in [0.25, 0.3) is 5.91 Å². The lowest BCUT2D eigenvalue weighted by Gasteiger charge is -2.03. The lowest BCUT2D eigenvalue weighted by molar-refractivity contribution is 0.0992. The SMILES string of the molecule is N#Cc1cnc(NC(=O)c2ccc(COc3ccccc3)o2)s1. The van der Waals surface area contributed by atoms with Crippen molar-refractivity contribution in [3.05, 3.63) is 65.1 Å². The minimum Gasteiger partial charge on any atom is -0.486 e. The number of anilines is 1. The number of hydrogen-bond acceptors (Lipinski definition) is 6. The Hall–Kier alpha value is -3.11. The van der Waals surface area contributed by atoms with Crippen LogP contribution in [0.3, 0.4) is 0 Å². The Balaban J connectivity index is 1.60. The van der Waals surface area contributed by atoms with Crippen molar-refractivity contribution >= 4 is 22.4 Å². The van der Waals surface area contributed by atoms with Crippen molar-refractivity contribution in [2.75, 3.05) is 5.32 Å². The molecule has 23 heavy (non-hydrogen) atoms. The van der Waals surface area contributed by atoms with Crippen LogP contribution in [-0.2, 0) is 6.61 Å². The third-order valence-electron chi connectivity index (χ3n) is 2.85. The van der Waals surface area contributed by atoms with Crippen LogP contribution in [0.25, 0.3) is 0 Å². The summed E-state index contributed by atoms with van der Waals surface area (Å²) in [6.45, 7) is 0.229. The zero-order valence-corrected chi connectivity index (χ0v) is 12.7. The Morgan fingerprint density at radius 2 is 2.13 bits per heavy atom. The number of furan rings is 1. The highest BCUT2D eigenvalue weighted by molar-refractivity contribution is 7.16. The summed E-state index contributed by atoms with van der Waals surface area (Å²) in [6.07, 6.45) is 1.40. The van der Waals surface area contributed by atoms with Crippen molar-refractivity contribution in [3.8, 4) is 11.8 Å². The molecule has 7 heteroatoms. The number of hydrogen-bond donors (Lipinski definition) is 1. The molecule has 3 rings (SSSR count). The Morgan fingerprint density at radius 3 is 2.87 bits per heavy atom. The van der Waals surface area contributed by atoms with Gasteiger partial charge in [0.15, 0.2) is 10.9 Å². The minimum absolute atomic E-state index is 0.158. The number of ether oxygens (including phenoxy) is 1. The number of nitrogens with one attached hydrogen (secondary N) is 1. The quantitative estimate of drug-likeness (QED) is 0.776. The van der Waals surface area contributed by atoms with Crippen molar-refractivity contribution in [1.29, 1.82) is 5.26 Å². The van der Waals surface area contributed by atoms with E-state index in [1.165, 1.54) is 6.20 Å². The van der Waals surface area contributed by atoms with Gasteiger partial charge >= 0.3 is 0 Å². The van der Waals surface area contributed by atoms with Gasteiger partial charge < -0.3 is 9.15 Å². The van der Waals surface area contributed by atoms with Crippen LogP contribution in [0.4, 0.5) is 5.13 Å². The molecule has 0 spiro atoms. The molecule has 1 aromatic carbocycles. The molecule has 0 unspecified atom stereocenters. The first-order valence-corrected chi connectivity index (χ1v) is 7.50. The Labute approximate surface area is 136 Å². The highest BCUT2D eigenvalue weighted by Gasteiger charge is 2.13. The number of carbonyl (C=O) groups excluding carboxylic acids is 1. The first-order chi connectivity index (χ1) is 11.2. The van der Waals surface area contributed by atoms with E-state index in [1.807, 2.05) is 36.4 Å². The molecule has 6 nitrogen and oxygen atoms in total. The number of nitriles is 1. The molecule has 2 heterocycles. The van der Waals surface area contributed by atoms with Gasteiger partial charge in [0.05, 0.1) is 6.20 Å². The summed E-state index contributed by atoms with van der Waals surface area (Å²) in [5, 5.41) is 11.7. The van der Waals surface area contributed by atoms with Crippen molar-refractivity contribution in [2.45, 2.75) is 6.61 Å². The summed E-state index contributed by atoms with van der Waals surface area (Å²) in [7, 11) is 0. The largest absolute Gasteiger partial charge is 0.486 e. The first kappa shape index (κ1) is 14.8. The molecule has 0 aliphatic carbocycles. The molecule has 3 aromatic rings. The number of aromatic nitrogens is 1. The van der Waals surface area contributed by atoms with Gasteiger partial charge in [-0.05, 0) is 24.3 Å². The predicted octanol–water partition coefficient (Wildman–Crippen LogP) is 3.44. The number of amides is 1. The molecule has 0 fully saturated rings. The molecular weight excluding hydrogens is 314 g/mol. The standard InChI is InChI=1S/C16H11N3O3S/c17-8-13-9-18-16(23-13)19-15(20)14-7-6-12(22-14)10-21-11-4-2-1-3-5-11/h1-7,9H,10H2,(H,18,19,20). The monoisotopic (exact) mass is 325 g/mol. The Bertz CT molecular complexity index is 849. The van der Waals surface area contributed by atoms with Gasteiger partial charge in [-0.2, -0.15) is 5.26 Å².